The van der Waals surface area contributed by atoms with E-state index < -0.39 is 0 Å². The summed E-state index contributed by atoms with van der Waals surface area (Å²) in [7, 11) is 0. The first-order valence-corrected chi connectivity index (χ1v) is 6.33. The lowest BCUT2D eigenvalue weighted by molar-refractivity contribution is 0.0505. The number of rotatable bonds is 5. The highest BCUT2D eigenvalue weighted by molar-refractivity contribution is 5.93. The van der Waals surface area contributed by atoms with E-state index in [4.69, 9.17) is 10.6 Å². The number of amides is 1. The normalized spacial score (nSPS) is 11.9. The van der Waals surface area contributed by atoms with Crippen LogP contribution in [0.15, 0.2) is 48.7 Å². The molecule has 1 atom stereocenters. The van der Waals surface area contributed by atoms with Crippen molar-refractivity contribution in [2.75, 3.05) is 0 Å². The van der Waals surface area contributed by atoms with Crippen LogP contribution in [0.4, 0.5) is 0 Å². The van der Waals surface area contributed by atoms with Gasteiger partial charge in [-0.2, -0.15) is 0 Å². The third-order valence-electron chi connectivity index (χ3n) is 2.97. The van der Waals surface area contributed by atoms with E-state index in [9.17, 15) is 4.79 Å². The Labute approximate surface area is 117 Å². The first-order chi connectivity index (χ1) is 9.70. The van der Waals surface area contributed by atoms with Gasteiger partial charge in [0.2, 0.25) is 0 Å². The lowest BCUT2D eigenvalue weighted by Gasteiger charge is -2.13. The van der Waals surface area contributed by atoms with Gasteiger partial charge in [-0.3, -0.25) is 15.2 Å². The van der Waals surface area contributed by atoms with Crippen LogP contribution < -0.4 is 11.3 Å². The highest BCUT2D eigenvalue weighted by Crippen LogP contribution is 2.17. The standard InChI is InChI=1S/C15H17N3O2/c1-11(12-5-3-2-4-6-12)20-10-14-8-7-13(9-17-14)15(19)18-16/h2-9,11H,10,16H2,1H3,(H,18,19). The minimum absolute atomic E-state index is 0.00924. The van der Waals surface area contributed by atoms with Crippen LogP contribution in [0.25, 0.3) is 0 Å². The summed E-state index contributed by atoms with van der Waals surface area (Å²) in [6.45, 7) is 2.38. The fourth-order valence-corrected chi connectivity index (χ4v) is 1.76. The van der Waals surface area contributed by atoms with E-state index >= 15 is 0 Å². The molecule has 1 aromatic heterocycles. The van der Waals surface area contributed by atoms with Gasteiger partial charge in [0, 0.05) is 6.20 Å². The van der Waals surface area contributed by atoms with Crippen molar-refractivity contribution in [3.63, 3.8) is 0 Å². The number of hydrazine groups is 1. The molecule has 2 rings (SSSR count). The Hall–Kier alpha value is -2.24. The number of ether oxygens (including phenoxy) is 1. The SMILES string of the molecule is CC(OCc1ccc(C(=O)NN)cn1)c1ccccc1. The van der Waals surface area contributed by atoms with E-state index in [0.29, 0.717) is 12.2 Å². The maximum absolute atomic E-state index is 11.3. The molecule has 0 aliphatic heterocycles. The van der Waals surface area contributed by atoms with Crippen LogP contribution >= 0.6 is 0 Å². The molecule has 5 heteroatoms. The van der Waals surface area contributed by atoms with Gasteiger partial charge >= 0.3 is 0 Å². The van der Waals surface area contributed by atoms with Crippen molar-refractivity contribution in [1.29, 1.82) is 0 Å². The third kappa shape index (κ3) is 3.63. The molecule has 1 aromatic carbocycles. The third-order valence-corrected chi connectivity index (χ3v) is 2.97. The van der Waals surface area contributed by atoms with E-state index in [2.05, 4.69) is 10.4 Å². The number of pyridine rings is 1. The Kier molecular flexibility index (Phi) is 4.81. The predicted molar refractivity (Wildman–Crippen MR) is 75.5 cm³/mol. The second kappa shape index (κ2) is 6.79. The number of nitrogens with zero attached hydrogens (tertiary/aromatic N) is 1. The number of hydrogen-bond acceptors (Lipinski definition) is 4. The van der Waals surface area contributed by atoms with Gasteiger partial charge in [0.25, 0.3) is 5.91 Å². The Morgan fingerprint density at radius 2 is 2.05 bits per heavy atom. The summed E-state index contributed by atoms with van der Waals surface area (Å²) in [6.07, 6.45) is 1.47. The number of nitrogens with two attached hydrogens (primary N) is 1. The molecular formula is C15H17N3O2. The van der Waals surface area contributed by atoms with E-state index in [1.165, 1.54) is 6.20 Å². The zero-order valence-electron chi connectivity index (χ0n) is 11.2. The molecule has 20 heavy (non-hydrogen) atoms. The molecule has 0 saturated carbocycles. The Bertz CT molecular complexity index is 555. The summed E-state index contributed by atoms with van der Waals surface area (Å²) in [6, 6.07) is 13.4. The van der Waals surface area contributed by atoms with Crippen LogP contribution in [0, 0.1) is 0 Å². The minimum Gasteiger partial charge on any atom is -0.368 e. The predicted octanol–water partition coefficient (Wildman–Crippen LogP) is 1.96. The van der Waals surface area contributed by atoms with Crippen LogP contribution in [0.2, 0.25) is 0 Å². The molecule has 104 valence electrons. The van der Waals surface area contributed by atoms with Crippen molar-refractivity contribution >= 4 is 5.91 Å². The quantitative estimate of drug-likeness (QED) is 0.495. The van der Waals surface area contributed by atoms with Crippen molar-refractivity contribution in [3.8, 4) is 0 Å². The average molecular weight is 271 g/mol. The minimum atomic E-state index is -0.359. The van der Waals surface area contributed by atoms with Gasteiger partial charge < -0.3 is 4.74 Å². The Morgan fingerprint density at radius 1 is 1.30 bits per heavy atom. The van der Waals surface area contributed by atoms with Crippen molar-refractivity contribution in [3.05, 3.63) is 65.5 Å². The maximum Gasteiger partial charge on any atom is 0.266 e. The van der Waals surface area contributed by atoms with Gasteiger partial charge in [-0.05, 0) is 24.6 Å². The van der Waals surface area contributed by atoms with Crippen LogP contribution in [-0.2, 0) is 11.3 Å². The molecular weight excluding hydrogens is 254 g/mol. The molecule has 0 saturated heterocycles. The fourth-order valence-electron chi connectivity index (χ4n) is 1.76. The number of aromatic nitrogens is 1. The van der Waals surface area contributed by atoms with E-state index in [1.807, 2.05) is 37.3 Å². The largest absolute Gasteiger partial charge is 0.368 e. The number of hydrogen-bond donors (Lipinski definition) is 2. The fraction of sp³-hybridized carbons (Fsp3) is 0.200. The van der Waals surface area contributed by atoms with E-state index in [1.54, 1.807) is 12.1 Å². The highest BCUT2D eigenvalue weighted by atomic mass is 16.5. The Balaban J connectivity index is 1.93. The van der Waals surface area contributed by atoms with Crippen LogP contribution in [0.3, 0.4) is 0 Å². The second-order valence-corrected chi connectivity index (χ2v) is 4.38. The number of carbonyl (C=O) groups is 1. The molecule has 0 aliphatic carbocycles. The van der Waals surface area contributed by atoms with Gasteiger partial charge in [-0.25, -0.2) is 5.84 Å². The maximum atomic E-state index is 11.3. The highest BCUT2D eigenvalue weighted by Gasteiger charge is 2.07. The monoisotopic (exact) mass is 271 g/mol. The molecule has 1 unspecified atom stereocenters. The summed E-state index contributed by atoms with van der Waals surface area (Å²) in [5.41, 5.74) is 4.37. The molecule has 0 spiro atoms. The lowest BCUT2D eigenvalue weighted by atomic mass is 10.1. The number of benzene rings is 1. The molecule has 0 radical (unpaired) electrons. The van der Waals surface area contributed by atoms with Crippen LogP contribution in [-0.4, -0.2) is 10.9 Å². The molecule has 0 aliphatic rings. The summed E-state index contributed by atoms with van der Waals surface area (Å²) >= 11 is 0. The number of carbonyl (C=O) groups excluding carboxylic acids is 1. The lowest BCUT2D eigenvalue weighted by Crippen LogP contribution is -2.30. The zero-order valence-corrected chi connectivity index (χ0v) is 11.2. The van der Waals surface area contributed by atoms with E-state index in [-0.39, 0.29) is 12.0 Å². The smallest absolute Gasteiger partial charge is 0.266 e. The average Bonchev–Trinajstić information content (AvgIpc) is 2.53. The van der Waals surface area contributed by atoms with Gasteiger partial charge in [0.15, 0.2) is 0 Å². The summed E-state index contributed by atoms with van der Waals surface area (Å²) in [5, 5.41) is 0. The van der Waals surface area contributed by atoms with Crippen molar-refractivity contribution < 1.29 is 9.53 Å². The van der Waals surface area contributed by atoms with Gasteiger partial charge in [0.05, 0.1) is 24.0 Å². The second-order valence-electron chi connectivity index (χ2n) is 4.38. The van der Waals surface area contributed by atoms with Gasteiger partial charge in [-0.1, -0.05) is 30.3 Å². The molecule has 3 N–H and O–H groups in total. The topological polar surface area (TPSA) is 77.2 Å². The first-order valence-electron chi connectivity index (χ1n) is 6.33. The molecule has 1 heterocycles. The van der Waals surface area contributed by atoms with E-state index in [0.717, 1.165) is 11.3 Å². The summed E-state index contributed by atoms with van der Waals surface area (Å²) in [4.78, 5) is 15.4. The molecule has 2 aromatic rings. The summed E-state index contributed by atoms with van der Waals surface area (Å²) < 4.78 is 5.75. The Morgan fingerprint density at radius 3 is 2.65 bits per heavy atom. The number of nitrogens with one attached hydrogen (secondary N) is 1. The van der Waals surface area contributed by atoms with Crippen molar-refractivity contribution in [1.82, 2.24) is 10.4 Å². The molecule has 0 fully saturated rings. The molecule has 5 nitrogen and oxygen atoms in total. The van der Waals surface area contributed by atoms with Crippen molar-refractivity contribution in [2.24, 2.45) is 5.84 Å². The van der Waals surface area contributed by atoms with Crippen LogP contribution in [0.1, 0.15) is 34.6 Å². The van der Waals surface area contributed by atoms with Gasteiger partial charge in [-0.15, -0.1) is 0 Å². The van der Waals surface area contributed by atoms with Crippen molar-refractivity contribution in [2.45, 2.75) is 19.6 Å². The molecule has 0 bridgehead atoms. The number of nitrogen functional groups attached to an aromatic ring is 1. The van der Waals surface area contributed by atoms with Crippen LogP contribution in [0.5, 0.6) is 0 Å². The van der Waals surface area contributed by atoms with Gasteiger partial charge in [0.1, 0.15) is 0 Å². The first kappa shape index (κ1) is 14.2. The zero-order chi connectivity index (χ0) is 14.4. The molecule has 1 amide bonds. The summed E-state index contributed by atoms with van der Waals surface area (Å²) in [5.74, 6) is 4.69.